The molecule has 0 aromatic carbocycles. The zero-order chi connectivity index (χ0) is 26.2. The topological polar surface area (TPSA) is 205 Å². The van der Waals surface area contributed by atoms with Gasteiger partial charge in [0.25, 0.3) is 10.1 Å². The van der Waals surface area contributed by atoms with Gasteiger partial charge in [0.15, 0.2) is 5.25 Å². The predicted octanol–water partition coefficient (Wildman–Crippen LogP) is 1.10. The Kier molecular flexibility index (Phi) is 10.5. The van der Waals surface area contributed by atoms with E-state index in [2.05, 4.69) is 4.18 Å². The van der Waals surface area contributed by atoms with Gasteiger partial charge in [-0.05, 0) is 51.4 Å². The molecule has 0 aromatic heterocycles. The van der Waals surface area contributed by atoms with Gasteiger partial charge in [-0.1, -0.05) is 12.8 Å². The van der Waals surface area contributed by atoms with Crippen molar-refractivity contribution >= 4 is 44.1 Å². The van der Waals surface area contributed by atoms with Crippen LogP contribution in [0.4, 0.5) is 0 Å². The number of rotatable bonds is 11. The number of carboxylic acid groups (broad SMARTS) is 1. The monoisotopic (exact) mass is 542 g/mol. The van der Waals surface area contributed by atoms with E-state index in [1.165, 1.54) is 0 Å². The van der Waals surface area contributed by atoms with E-state index in [0.29, 0.717) is 25.7 Å². The lowest BCUT2D eigenvalue weighted by Crippen LogP contribution is -2.40. The van der Waals surface area contributed by atoms with Gasteiger partial charge >= 0.3 is 34.0 Å². The Balaban J connectivity index is 2.16. The quantitative estimate of drug-likeness (QED) is 0.213. The summed E-state index contributed by atoms with van der Waals surface area (Å²) in [5.41, 5.74) is 0. The van der Waals surface area contributed by atoms with Crippen molar-refractivity contribution in [2.75, 3.05) is 0 Å². The Morgan fingerprint density at radius 3 is 1.63 bits per heavy atom. The van der Waals surface area contributed by atoms with Gasteiger partial charge in [0, 0.05) is 0 Å². The summed E-state index contributed by atoms with van der Waals surface area (Å²) in [5, 5.41) is 3.90. The van der Waals surface area contributed by atoms with Crippen molar-refractivity contribution in [3.63, 3.8) is 0 Å². The molecule has 0 aromatic rings. The van der Waals surface area contributed by atoms with Crippen LogP contribution in [0.1, 0.15) is 77.0 Å². The molecule has 0 amide bonds. The summed E-state index contributed by atoms with van der Waals surface area (Å²) in [6.07, 6.45) is 3.56. The Labute approximate surface area is 203 Å². The first-order valence-corrected chi connectivity index (χ1v) is 14.3. The molecule has 35 heavy (non-hydrogen) atoms. The second kappa shape index (κ2) is 12.6. The lowest BCUT2D eigenvalue weighted by molar-refractivity contribution is -0.157. The van der Waals surface area contributed by atoms with Crippen LogP contribution in [0.3, 0.4) is 0 Å². The number of hydrogen-bond donors (Lipinski definition) is 2. The Bertz CT molecular complexity index is 990. The first-order chi connectivity index (χ1) is 16.3. The Hall–Kier alpha value is -2.26. The molecule has 15 heteroatoms. The van der Waals surface area contributed by atoms with Crippen molar-refractivity contribution in [2.24, 2.45) is 0 Å². The van der Waals surface area contributed by atoms with Gasteiger partial charge in [-0.2, -0.15) is 16.8 Å². The van der Waals surface area contributed by atoms with Gasteiger partial charge in [0.1, 0.15) is 12.2 Å². The molecule has 2 fully saturated rings. The van der Waals surface area contributed by atoms with E-state index in [4.69, 9.17) is 19.1 Å². The Morgan fingerprint density at radius 2 is 1.17 bits per heavy atom. The normalized spacial score (nSPS) is 19.8. The maximum absolute atomic E-state index is 12.7. The highest BCUT2D eigenvalue weighted by molar-refractivity contribution is 7.88. The van der Waals surface area contributed by atoms with Crippen molar-refractivity contribution in [2.45, 2.75) is 99.8 Å². The van der Waals surface area contributed by atoms with E-state index < -0.39 is 79.7 Å². The second-order valence-corrected chi connectivity index (χ2v) is 12.0. The fourth-order valence-corrected chi connectivity index (χ4v) is 5.66. The van der Waals surface area contributed by atoms with Crippen molar-refractivity contribution in [3.8, 4) is 0 Å². The van der Waals surface area contributed by atoms with Gasteiger partial charge in [0.05, 0.1) is 12.8 Å². The van der Waals surface area contributed by atoms with Crippen LogP contribution in [-0.2, 0) is 53.1 Å². The maximum atomic E-state index is 12.7. The summed E-state index contributed by atoms with van der Waals surface area (Å²) < 4.78 is 71.5. The third-order valence-electron chi connectivity index (χ3n) is 5.84. The van der Waals surface area contributed by atoms with Crippen LogP contribution in [-0.4, -0.2) is 73.1 Å². The summed E-state index contributed by atoms with van der Waals surface area (Å²) in [6.45, 7) is 0. The van der Waals surface area contributed by atoms with Crippen LogP contribution >= 0.6 is 0 Å². The molecule has 0 saturated heterocycles. The first-order valence-electron chi connectivity index (χ1n) is 11.3. The summed E-state index contributed by atoms with van der Waals surface area (Å²) in [7, 11) is -10.5. The molecule has 13 nitrogen and oxygen atoms in total. The summed E-state index contributed by atoms with van der Waals surface area (Å²) in [6, 6.07) is 0. The molecule has 0 aliphatic heterocycles. The summed E-state index contributed by atoms with van der Waals surface area (Å²) in [5.74, 6) is -6.34. The van der Waals surface area contributed by atoms with Crippen LogP contribution in [0, 0.1) is 0 Å². The molecular weight excluding hydrogens is 512 g/mol. The number of hydrogen-bond acceptors (Lipinski definition) is 11. The molecule has 2 saturated carbocycles. The number of aliphatic carboxylic acids is 1. The van der Waals surface area contributed by atoms with Gasteiger partial charge in [0.2, 0.25) is 5.25 Å². The molecular formula is C20H30O13S2. The van der Waals surface area contributed by atoms with E-state index in [0.717, 1.165) is 38.5 Å². The fraction of sp³-hybridized carbons (Fsp3) is 0.800. The maximum Gasteiger partial charge on any atom is 0.328 e. The van der Waals surface area contributed by atoms with E-state index in [1.807, 2.05) is 0 Å². The van der Waals surface area contributed by atoms with E-state index in [1.54, 1.807) is 0 Å². The highest BCUT2D eigenvalue weighted by Crippen LogP contribution is 2.25. The van der Waals surface area contributed by atoms with Crippen LogP contribution in [0.5, 0.6) is 0 Å². The summed E-state index contributed by atoms with van der Waals surface area (Å²) in [4.78, 5) is 48.2. The standard InChI is InChI=1S/C20H30O13S2/c21-17(31-13-7-3-1-4-8-13)12-16(20(25)32-14-9-5-2-6-10-14)35(29,30)33-18(22)11-15(19(23)24)34(26,27)28/h13-16H,1-12H2,(H,23,24)(H,26,27,28). The molecule has 200 valence electrons. The SMILES string of the molecule is O=C(CC(C(=O)OC1CCCCC1)S(=O)(=O)OC(=O)CC(C(=O)O)S(=O)(=O)O)OC1CCCCC1. The van der Waals surface area contributed by atoms with Crippen molar-refractivity contribution in [3.05, 3.63) is 0 Å². The van der Waals surface area contributed by atoms with Crippen molar-refractivity contribution < 1.29 is 59.3 Å². The fourth-order valence-electron chi connectivity index (χ4n) is 3.99. The lowest BCUT2D eigenvalue weighted by Gasteiger charge is -2.25. The molecule has 0 spiro atoms. The predicted molar refractivity (Wildman–Crippen MR) is 117 cm³/mol. The summed E-state index contributed by atoms with van der Waals surface area (Å²) >= 11 is 0. The number of carbonyl (C=O) groups excluding carboxylic acids is 3. The third kappa shape index (κ3) is 9.37. The Morgan fingerprint density at radius 1 is 0.714 bits per heavy atom. The lowest BCUT2D eigenvalue weighted by atomic mass is 9.98. The second-order valence-electron chi connectivity index (χ2n) is 8.63. The van der Waals surface area contributed by atoms with E-state index in [9.17, 15) is 36.0 Å². The zero-order valence-electron chi connectivity index (χ0n) is 19.0. The molecule has 2 aliphatic rings. The molecule has 0 bridgehead atoms. The average Bonchev–Trinajstić information content (AvgIpc) is 2.75. The van der Waals surface area contributed by atoms with Crippen LogP contribution in [0.15, 0.2) is 0 Å². The highest BCUT2D eigenvalue weighted by atomic mass is 32.2. The van der Waals surface area contributed by atoms with Gasteiger partial charge in [-0.25, -0.2) is 0 Å². The van der Waals surface area contributed by atoms with Crippen LogP contribution in [0.25, 0.3) is 0 Å². The molecule has 2 aliphatic carbocycles. The zero-order valence-corrected chi connectivity index (χ0v) is 20.6. The van der Waals surface area contributed by atoms with E-state index in [-0.39, 0.29) is 0 Å². The first kappa shape index (κ1) is 29.0. The van der Waals surface area contributed by atoms with Crippen LogP contribution < -0.4 is 0 Å². The largest absolute Gasteiger partial charge is 0.480 e. The minimum atomic E-state index is -5.27. The number of esters is 2. The minimum absolute atomic E-state index is 0.442. The number of carbonyl (C=O) groups is 4. The van der Waals surface area contributed by atoms with Crippen molar-refractivity contribution in [1.82, 2.24) is 0 Å². The average molecular weight is 543 g/mol. The molecule has 0 radical (unpaired) electrons. The molecule has 2 N–H and O–H groups in total. The number of ether oxygens (including phenoxy) is 2. The van der Waals surface area contributed by atoms with E-state index >= 15 is 0 Å². The number of carboxylic acids is 1. The smallest absolute Gasteiger partial charge is 0.328 e. The molecule has 0 heterocycles. The van der Waals surface area contributed by atoms with Crippen LogP contribution in [0.2, 0.25) is 0 Å². The molecule has 2 unspecified atom stereocenters. The molecule has 2 rings (SSSR count). The van der Waals surface area contributed by atoms with Crippen molar-refractivity contribution in [1.29, 1.82) is 0 Å². The third-order valence-corrected chi connectivity index (χ3v) is 8.41. The van der Waals surface area contributed by atoms with Gasteiger partial charge < -0.3 is 18.8 Å². The highest BCUT2D eigenvalue weighted by Gasteiger charge is 2.43. The van der Waals surface area contributed by atoms with Gasteiger partial charge in [-0.3, -0.25) is 23.7 Å². The molecule has 2 atom stereocenters. The minimum Gasteiger partial charge on any atom is -0.480 e. The van der Waals surface area contributed by atoms with Gasteiger partial charge in [-0.15, -0.1) is 0 Å².